The Morgan fingerprint density at radius 3 is 2.03 bits per heavy atom. The van der Waals surface area contributed by atoms with Crippen molar-refractivity contribution in [2.24, 2.45) is 0 Å². The Morgan fingerprint density at radius 2 is 1.34 bits per heavy atom. The van der Waals surface area contributed by atoms with Gasteiger partial charge in [-0.2, -0.15) is 0 Å². The lowest BCUT2D eigenvalue weighted by molar-refractivity contribution is 0.666. The van der Waals surface area contributed by atoms with Crippen molar-refractivity contribution in [1.82, 2.24) is 4.98 Å². The molecule has 0 bridgehead atoms. The highest BCUT2D eigenvalue weighted by Gasteiger charge is 2.20. The van der Waals surface area contributed by atoms with Crippen LogP contribution in [0.1, 0.15) is 60.3 Å². The molecule has 0 N–H and O–H groups in total. The van der Waals surface area contributed by atoms with E-state index in [4.69, 9.17) is 13.5 Å². The van der Waals surface area contributed by atoms with Gasteiger partial charge in [-0.25, -0.2) is 0 Å². The van der Waals surface area contributed by atoms with Gasteiger partial charge in [-0.15, -0.1) is 0 Å². The second kappa shape index (κ2) is 9.61. The van der Waals surface area contributed by atoms with Crippen molar-refractivity contribution in [2.75, 3.05) is 0 Å². The monoisotopic (exact) mass is 498 g/mol. The summed E-state index contributed by atoms with van der Waals surface area (Å²) in [7, 11) is 0. The Labute approximate surface area is 229 Å². The van der Waals surface area contributed by atoms with Gasteiger partial charge in [-0.1, -0.05) is 100 Å². The average Bonchev–Trinajstić information content (AvgIpc) is 3.35. The Kier molecular flexibility index (Phi) is 5.27. The summed E-state index contributed by atoms with van der Waals surface area (Å²) in [6.45, 7) is 6.72. The number of furan rings is 1. The van der Waals surface area contributed by atoms with E-state index < -0.39 is 6.85 Å². The molecule has 2 heteroatoms. The fraction of sp³-hybridized carbons (Fsp3) is 0.194. The third-order valence-corrected chi connectivity index (χ3v) is 7.40. The molecule has 0 saturated heterocycles. The lowest BCUT2D eigenvalue weighted by Crippen LogP contribution is -2.02. The average molecular weight is 499 g/mol. The molecule has 0 atom stereocenters. The summed E-state index contributed by atoms with van der Waals surface area (Å²) in [5.41, 5.74) is 10.3. The minimum atomic E-state index is -2.27. The number of pyridine rings is 1. The van der Waals surface area contributed by atoms with Crippen molar-refractivity contribution >= 4 is 21.9 Å². The van der Waals surface area contributed by atoms with E-state index in [1.807, 2.05) is 30.5 Å². The molecule has 4 aromatic carbocycles. The predicted octanol–water partition coefficient (Wildman–Crippen LogP) is 10.5. The van der Waals surface area contributed by atoms with Gasteiger partial charge in [-0.05, 0) is 75.8 Å². The van der Waals surface area contributed by atoms with Crippen molar-refractivity contribution < 1.29 is 8.53 Å². The van der Waals surface area contributed by atoms with E-state index >= 15 is 0 Å². The van der Waals surface area contributed by atoms with Crippen LogP contribution >= 0.6 is 0 Å². The van der Waals surface area contributed by atoms with E-state index in [1.165, 1.54) is 27.8 Å². The van der Waals surface area contributed by atoms with Crippen LogP contribution in [0.25, 0.3) is 55.4 Å². The number of fused-ring (bicyclic) bond motifs is 3. The number of nitrogens with zero attached hydrogens (tertiary/aromatic N) is 1. The standard InChI is InChI=1S/C36H33NO/c1-22(2)31-19-27(25-12-7-6-8-13-25)20-32(23(3)4)34(31)26-17-18-37-33(21-26)30-16-10-15-29-28-14-9-11-24(5)35(28)38-36(29)30/h6-23H,1-5H3/i5D3. The Bertz CT molecular complexity index is 1850. The Hall–Kier alpha value is -4.17. The smallest absolute Gasteiger partial charge is 0.144 e. The van der Waals surface area contributed by atoms with Crippen molar-refractivity contribution in [3.8, 4) is 33.5 Å². The normalized spacial score (nSPS) is 13.3. The van der Waals surface area contributed by atoms with Crippen LogP contribution in [0.5, 0.6) is 0 Å². The molecule has 0 unspecified atom stereocenters. The zero-order valence-electron chi connectivity index (χ0n) is 25.2. The van der Waals surface area contributed by atoms with Gasteiger partial charge in [0.05, 0.1) is 5.69 Å². The van der Waals surface area contributed by atoms with Crippen molar-refractivity contribution in [2.45, 2.75) is 46.4 Å². The van der Waals surface area contributed by atoms with Crippen LogP contribution in [0, 0.1) is 6.85 Å². The maximum Gasteiger partial charge on any atom is 0.144 e. The summed E-state index contributed by atoms with van der Waals surface area (Å²) >= 11 is 0. The first kappa shape index (κ1) is 20.8. The fourth-order valence-corrected chi connectivity index (χ4v) is 5.48. The predicted molar refractivity (Wildman–Crippen MR) is 161 cm³/mol. The molecule has 0 aliphatic rings. The van der Waals surface area contributed by atoms with Crippen LogP contribution in [-0.2, 0) is 0 Å². The summed E-state index contributed by atoms with van der Waals surface area (Å²) in [6.07, 6.45) is 1.86. The van der Waals surface area contributed by atoms with Crippen LogP contribution in [0.3, 0.4) is 0 Å². The highest BCUT2D eigenvalue weighted by Crippen LogP contribution is 2.42. The Morgan fingerprint density at radius 1 is 0.658 bits per heavy atom. The molecule has 0 spiro atoms. The van der Waals surface area contributed by atoms with Gasteiger partial charge in [0.25, 0.3) is 0 Å². The van der Waals surface area contributed by atoms with E-state index in [1.54, 1.807) is 12.1 Å². The van der Waals surface area contributed by atoms with Gasteiger partial charge in [0.1, 0.15) is 11.2 Å². The van der Waals surface area contributed by atoms with Crippen molar-refractivity contribution in [1.29, 1.82) is 0 Å². The van der Waals surface area contributed by atoms with Gasteiger partial charge < -0.3 is 4.42 Å². The van der Waals surface area contributed by atoms with Crippen molar-refractivity contribution in [3.63, 3.8) is 0 Å². The summed E-state index contributed by atoms with van der Waals surface area (Å²) in [6, 6.07) is 30.7. The number of aryl methyl sites for hydroxylation is 1. The first-order valence-corrected chi connectivity index (χ1v) is 13.3. The van der Waals surface area contributed by atoms with E-state index in [-0.39, 0.29) is 5.56 Å². The number of para-hydroxylation sites is 2. The molecule has 0 aliphatic heterocycles. The SMILES string of the molecule is [2H]C([2H])([2H])c1cccc2c1oc1c(-c3cc(-c4c(C(C)C)cc(-c5ccccc5)cc4C(C)C)ccn3)cccc12. The van der Waals surface area contributed by atoms with E-state index in [0.717, 1.165) is 27.6 Å². The zero-order valence-corrected chi connectivity index (χ0v) is 22.2. The summed E-state index contributed by atoms with van der Waals surface area (Å²) < 4.78 is 30.4. The van der Waals surface area contributed by atoms with Gasteiger partial charge >= 0.3 is 0 Å². The fourth-order valence-electron chi connectivity index (χ4n) is 5.48. The molecular formula is C36H33NO. The first-order chi connectivity index (χ1) is 19.6. The molecule has 38 heavy (non-hydrogen) atoms. The molecule has 188 valence electrons. The molecule has 6 aromatic rings. The highest BCUT2D eigenvalue weighted by atomic mass is 16.3. The van der Waals surface area contributed by atoms with Crippen LogP contribution in [-0.4, -0.2) is 4.98 Å². The third-order valence-electron chi connectivity index (χ3n) is 7.40. The molecule has 0 amide bonds. The molecular weight excluding hydrogens is 462 g/mol. The van der Waals surface area contributed by atoms with Crippen LogP contribution in [0.4, 0.5) is 0 Å². The number of hydrogen-bond acceptors (Lipinski definition) is 2. The maximum absolute atomic E-state index is 8.01. The second-order valence-corrected chi connectivity index (χ2v) is 10.6. The zero-order chi connectivity index (χ0) is 28.9. The summed E-state index contributed by atoms with van der Waals surface area (Å²) in [5, 5.41) is 1.68. The number of benzene rings is 4. The highest BCUT2D eigenvalue weighted by molar-refractivity contribution is 6.10. The molecule has 0 saturated carbocycles. The lowest BCUT2D eigenvalue weighted by Gasteiger charge is -2.22. The van der Waals surface area contributed by atoms with Crippen LogP contribution < -0.4 is 0 Å². The van der Waals surface area contributed by atoms with Crippen LogP contribution in [0.15, 0.2) is 102 Å². The number of aromatic nitrogens is 1. The molecule has 0 radical (unpaired) electrons. The topological polar surface area (TPSA) is 26.0 Å². The van der Waals surface area contributed by atoms with Crippen molar-refractivity contribution in [3.05, 3.63) is 114 Å². The number of rotatable bonds is 5. The second-order valence-electron chi connectivity index (χ2n) is 10.6. The molecule has 6 rings (SSSR count). The summed E-state index contributed by atoms with van der Waals surface area (Å²) in [5.74, 6) is 0.639. The minimum absolute atomic E-state index is 0.223. The lowest BCUT2D eigenvalue weighted by atomic mass is 9.82. The number of hydrogen-bond donors (Lipinski definition) is 0. The van der Waals surface area contributed by atoms with Gasteiger partial charge in [0, 0.05) is 26.6 Å². The minimum Gasteiger partial charge on any atom is -0.455 e. The Balaban J connectivity index is 1.56. The molecule has 0 fully saturated rings. The third kappa shape index (κ3) is 4.11. The summed E-state index contributed by atoms with van der Waals surface area (Å²) in [4.78, 5) is 4.77. The largest absolute Gasteiger partial charge is 0.455 e. The molecule has 0 aliphatic carbocycles. The molecule has 2 aromatic heterocycles. The first-order valence-electron chi connectivity index (χ1n) is 14.8. The van der Waals surface area contributed by atoms with E-state index in [0.29, 0.717) is 23.0 Å². The van der Waals surface area contributed by atoms with Gasteiger partial charge in [0.2, 0.25) is 0 Å². The molecule has 2 nitrogen and oxygen atoms in total. The quantitative estimate of drug-likeness (QED) is 0.236. The van der Waals surface area contributed by atoms with E-state index in [2.05, 4.69) is 82.3 Å². The van der Waals surface area contributed by atoms with Gasteiger partial charge in [0.15, 0.2) is 0 Å². The van der Waals surface area contributed by atoms with Crippen LogP contribution in [0.2, 0.25) is 0 Å². The van der Waals surface area contributed by atoms with E-state index in [9.17, 15) is 0 Å². The van der Waals surface area contributed by atoms with Gasteiger partial charge in [-0.3, -0.25) is 4.98 Å². The maximum atomic E-state index is 8.01. The molecule has 2 heterocycles.